The van der Waals surface area contributed by atoms with Gasteiger partial charge in [-0.2, -0.15) is 0 Å². The summed E-state index contributed by atoms with van der Waals surface area (Å²) in [5.74, 6) is 0.103. The third-order valence-corrected chi connectivity index (χ3v) is 2.73. The zero-order valence-electron chi connectivity index (χ0n) is 6.92. The van der Waals surface area contributed by atoms with Crippen LogP contribution in [0.15, 0.2) is 12.1 Å². The molecule has 0 spiro atoms. The van der Waals surface area contributed by atoms with Gasteiger partial charge in [-0.05, 0) is 25.5 Å². The average Bonchev–Trinajstić information content (AvgIpc) is 2.30. The molecule has 0 aliphatic heterocycles. The van der Waals surface area contributed by atoms with Gasteiger partial charge in [-0.25, -0.2) is 4.98 Å². The van der Waals surface area contributed by atoms with Gasteiger partial charge in [0.1, 0.15) is 0 Å². The first kappa shape index (κ1) is 7.55. The number of fused-ring (bicyclic) bond motifs is 1. The van der Waals surface area contributed by atoms with Crippen molar-refractivity contribution >= 4 is 21.6 Å². The fourth-order valence-electron chi connectivity index (χ4n) is 1.17. The van der Waals surface area contributed by atoms with Crippen molar-refractivity contribution in [3.8, 4) is 5.75 Å². The number of hydrogen-bond acceptors (Lipinski definition) is 2. The SMILES string of the molecule is Cc1nc2cc(C)c([O])cc2s1. The molecule has 0 bridgehead atoms. The minimum absolute atomic E-state index is 0.103. The van der Waals surface area contributed by atoms with Gasteiger partial charge in [0.05, 0.1) is 15.2 Å². The van der Waals surface area contributed by atoms with Crippen LogP contribution in [-0.4, -0.2) is 4.98 Å². The molecule has 1 aromatic carbocycles. The Hall–Kier alpha value is -1.09. The van der Waals surface area contributed by atoms with Gasteiger partial charge >= 0.3 is 0 Å². The normalized spacial score (nSPS) is 10.8. The molecule has 61 valence electrons. The zero-order valence-corrected chi connectivity index (χ0v) is 7.73. The summed E-state index contributed by atoms with van der Waals surface area (Å²) in [5, 5.41) is 12.2. The molecule has 2 aromatic rings. The van der Waals surface area contributed by atoms with Crippen LogP contribution in [0.1, 0.15) is 10.6 Å². The van der Waals surface area contributed by atoms with Crippen LogP contribution in [0.3, 0.4) is 0 Å². The average molecular weight is 178 g/mol. The number of nitrogens with zero attached hydrogens (tertiary/aromatic N) is 1. The van der Waals surface area contributed by atoms with E-state index in [0.29, 0.717) is 0 Å². The molecule has 0 amide bonds. The number of aryl methyl sites for hydroxylation is 2. The Balaban J connectivity index is 2.83. The highest BCUT2D eigenvalue weighted by atomic mass is 32.1. The van der Waals surface area contributed by atoms with Crippen LogP contribution in [0.25, 0.3) is 10.2 Å². The quantitative estimate of drug-likeness (QED) is 0.610. The van der Waals surface area contributed by atoms with Crippen molar-refractivity contribution in [2.24, 2.45) is 0 Å². The van der Waals surface area contributed by atoms with E-state index in [2.05, 4.69) is 4.98 Å². The Morgan fingerprint density at radius 1 is 1.33 bits per heavy atom. The van der Waals surface area contributed by atoms with Gasteiger partial charge in [0.25, 0.3) is 0 Å². The largest absolute Gasteiger partial charge is 0.290 e. The Labute approximate surface area is 74.5 Å². The lowest BCUT2D eigenvalue weighted by atomic mass is 10.2. The second-order valence-corrected chi connectivity index (χ2v) is 4.05. The summed E-state index contributed by atoms with van der Waals surface area (Å²) in [6.45, 7) is 3.76. The zero-order chi connectivity index (χ0) is 8.72. The van der Waals surface area contributed by atoms with Gasteiger partial charge in [0.2, 0.25) is 0 Å². The highest BCUT2D eigenvalue weighted by Gasteiger charge is 2.04. The predicted molar refractivity (Wildman–Crippen MR) is 49.2 cm³/mol. The number of thiazole rings is 1. The van der Waals surface area contributed by atoms with Gasteiger partial charge in [-0.1, -0.05) is 0 Å². The van der Waals surface area contributed by atoms with Crippen molar-refractivity contribution < 1.29 is 5.11 Å². The highest BCUT2D eigenvalue weighted by Crippen LogP contribution is 2.28. The minimum atomic E-state index is 0.103. The summed E-state index contributed by atoms with van der Waals surface area (Å²) < 4.78 is 0.989. The molecule has 0 atom stereocenters. The fraction of sp³-hybridized carbons (Fsp3) is 0.222. The molecular weight excluding hydrogens is 170 g/mol. The monoisotopic (exact) mass is 178 g/mol. The van der Waals surface area contributed by atoms with Crippen molar-refractivity contribution in [3.63, 3.8) is 0 Å². The summed E-state index contributed by atoms with van der Waals surface area (Å²) in [6, 6.07) is 3.51. The number of hydrogen-bond donors (Lipinski definition) is 0. The summed E-state index contributed by atoms with van der Waals surface area (Å²) in [7, 11) is 0. The lowest BCUT2D eigenvalue weighted by Crippen LogP contribution is -1.73. The van der Waals surface area contributed by atoms with E-state index < -0.39 is 0 Å². The predicted octanol–water partition coefficient (Wildman–Crippen LogP) is 3.06. The first-order chi connectivity index (χ1) is 5.66. The van der Waals surface area contributed by atoms with E-state index >= 15 is 0 Å². The lowest BCUT2D eigenvalue weighted by Gasteiger charge is -1.92. The molecule has 2 nitrogen and oxygen atoms in total. The van der Waals surface area contributed by atoms with Crippen LogP contribution in [-0.2, 0) is 5.11 Å². The van der Waals surface area contributed by atoms with Crippen LogP contribution < -0.4 is 0 Å². The second kappa shape index (κ2) is 2.45. The number of aromatic nitrogens is 1. The van der Waals surface area contributed by atoms with Gasteiger partial charge in [-0.3, -0.25) is 5.11 Å². The van der Waals surface area contributed by atoms with Crippen molar-refractivity contribution in [2.45, 2.75) is 13.8 Å². The summed E-state index contributed by atoms with van der Waals surface area (Å²) >= 11 is 1.56. The topological polar surface area (TPSA) is 32.8 Å². The van der Waals surface area contributed by atoms with E-state index in [-0.39, 0.29) is 5.75 Å². The third kappa shape index (κ3) is 1.06. The first-order valence-electron chi connectivity index (χ1n) is 3.71. The smallest absolute Gasteiger partial charge is 0.183 e. The Kier molecular flexibility index (Phi) is 1.54. The fourth-order valence-corrected chi connectivity index (χ4v) is 2.01. The molecule has 0 saturated carbocycles. The second-order valence-electron chi connectivity index (χ2n) is 2.82. The van der Waals surface area contributed by atoms with Crippen LogP contribution in [0.5, 0.6) is 5.75 Å². The molecule has 1 aromatic heterocycles. The molecule has 2 rings (SSSR count). The molecule has 0 fully saturated rings. The Morgan fingerprint density at radius 3 is 2.83 bits per heavy atom. The van der Waals surface area contributed by atoms with Crippen molar-refractivity contribution in [1.29, 1.82) is 0 Å². The summed E-state index contributed by atoms with van der Waals surface area (Å²) in [5.41, 5.74) is 1.71. The summed E-state index contributed by atoms with van der Waals surface area (Å²) in [4.78, 5) is 4.29. The van der Waals surface area contributed by atoms with Gasteiger partial charge < -0.3 is 0 Å². The molecule has 0 unspecified atom stereocenters. The molecule has 0 aliphatic carbocycles. The van der Waals surface area contributed by atoms with E-state index in [9.17, 15) is 5.11 Å². The van der Waals surface area contributed by atoms with Crippen LogP contribution >= 0.6 is 11.3 Å². The minimum Gasteiger partial charge on any atom is -0.290 e. The molecule has 1 heterocycles. The molecule has 1 radical (unpaired) electrons. The summed E-state index contributed by atoms with van der Waals surface area (Å²) in [6.07, 6.45) is 0. The Morgan fingerprint density at radius 2 is 2.08 bits per heavy atom. The highest BCUT2D eigenvalue weighted by molar-refractivity contribution is 7.18. The maximum absolute atomic E-state index is 11.2. The van der Waals surface area contributed by atoms with E-state index in [4.69, 9.17) is 0 Å². The standard InChI is InChI=1S/C9H8NOS/c1-5-3-7-9(4-8(5)11)12-6(2)10-7/h3-4H,1-2H3. The molecule has 0 N–H and O–H groups in total. The lowest BCUT2D eigenvalue weighted by molar-refractivity contribution is 0.352. The van der Waals surface area contributed by atoms with Crippen molar-refractivity contribution in [2.75, 3.05) is 0 Å². The van der Waals surface area contributed by atoms with Crippen molar-refractivity contribution in [3.05, 3.63) is 22.7 Å². The van der Waals surface area contributed by atoms with Gasteiger partial charge in [0, 0.05) is 6.07 Å². The van der Waals surface area contributed by atoms with E-state index in [1.54, 1.807) is 17.4 Å². The van der Waals surface area contributed by atoms with Crippen LogP contribution in [0.2, 0.25) is 0 Å². The molecule has 0 aliphatic rings. The van der Waals surface area contributed by atoms with Gasteiger partial charge in [-0.15, -0.1) is 11.3 Å². The molecule has 3 heteroatoms. The van der Waals surface area contributed by atoms with Crippen molar-refractivity contribution in [1.82, 2.24) is 4.98 Å². The number of benzene rings is 1. The molecule has 12 heavy (non-hydrogen) atoms. The van der Waals surface area contributed by atoms with Crippen LogP contribution in [0, 0.1) is 13.8 Å². The molecular formula is C9H8NOS. The van der Waals surface area contributed by atoms with E-state index in [1.165, 1.54) is 0 Å². The maximum Gasteiger partial charge on any atom is 0.183 e. The van der Waals surface area contributed by atoms with E-state index in [1.807, 2.05) is 19.9 Å². The number of rotatable bonds is 0. The maximum atomic E-state index is 11.2. The van der Waals surface area contributed by atoms with Crippen LogP contribution in [0.4, 0.5) is 0 Å². The third-order valence-electron chi connectivity index (χ3n) is 1.79. The van der Waals surface area contributed by atoms with Gasteiger partial charge in [0.15, 0.2) is 5.75 Å². The van der Waals surface area contributed by atoms with E-state index in [0.717, 1.165) is 20.8 Å². The molecule has 0 saturated heterocycles. The Bertz CT molecular complexity index is 394. The first-order valence-corrected chi connectivity index (χ1v) is 4.53.